The highest BCUT2D eigenvalue weighted by Crippen LogP contribution is 2.31. The number of carboxylic acid groups (broad SMARTS) is 1. The molecule has 2 atom stereocenters. The topological polar surface area (TPSA) is 69.6 Å². The highest BCUT2D eigenvalue weighted by molar-refractivity contribution is 8.00. The Kier molecular flexibility index (Phi) is 4.50. The number of rotatable bonds is 3. The number of hydrogen-bond donors (Lipinski definition) is 2. The summed E-state index contributed by atoms with van der Waals surface area (Å²) in [7, 11) is 0. The molecule has 0 aromatic carbocycles. The van der Waals surface area contributed by atoms with Gasteiger partial charge in [-0.1, -0.05) is 12.8 Å². The van der Waals surface area contributed by atoms with Gasteiger partial charge in [0.05, 0.1) is 11.9 Å². The number of hydrogen-bond acceptors (Lipinski definition) is 3. The molecule has 6 heteroatoms. The third kappa shape index (κ3) is 2.61. The molecule has 1 saturated heterocycles. The van der Waals surface area contributed by atoms with Crippen molar-refractivity contribution in [2.45, 2.75) is 24.8 Å². The van der Waals surface area contributed by atoms with Crippen molar-refractivity contribution in [2.24, 2.45) is 0 Å². The number of urea groups is 1. The molecule has 2 unspecified atom stereocenters. The van der Waals surface area contributed by atoms with E-state index in [-0.39, 0.29) is 11.9 Å². The van der Waals surface area contributed by atoms with Crippen molar-refractivity contribution < 1.29 is 14.7 Å². The van der Waals surface area contributed by atoms with Crippen molar-refractivity contribution in [1.29, 1.82) is 0 Å². The highest BCUT2D eigenvalue weighted by Gasteiger charge is 2.40. The lowest BCUT2D eigenvalue weighted by molar-refractivity contribution is -0.141. The number of carbonyl (C=O) groups excluding carboxylic acids is 1. The average molecular weight is 242 g/mol. The van der Waals surface area contributed by atoms with E-state index in [1.807, 2.05) is 6.92 Å². The van der Waals surface area contributed by atoms with Crippen LogP contribution in [0.4, 0.5) is 4.79 Å². The van der Waals surface area contributed by atoms with Gasteiger partial charge in [0, 0.05) is 5.75 Å². The number of carboxylic acids is 1. The van der Waals surface area contributed by atoms with E-state index >= 15 is 0 Å². The fraction of sp³-hybridized carbons (Fsp3) is 0.600. The van der Waals surface area contributed by atoms with Gasteiger partial charge in [-0.25, -0.2) is 9.59 Å². The minimum Gasteiger partial charge on any atom is -0.480 e. The average Bonchev–Trinajstić information content (AvgIpc) is 2.69. The summed E-state index contributed by atoms with van der Waals surface area (Å²) in [6.45, 7) is 2.03. The molecule has 1 fully saturated rings. The summed E-state index contributed by atoms with van der Waals surface area (Å²) < 4.78 is 0. The van der Waals surface area contributed by atoms with E-state index in [0.29, 0.717) is 5.75 Å². The Morgan fingerprint density at radius 2 is 2.38 bits per heavy atom. The van der Waals surface area contributed by atoms with Crippen LogP contribution in [0.3, 0.4) is 0 Å². The third-order valence-electron chi connectivity index (χ3n) is 2.30. The molecule has 88 valence electrons. The number of terminal acetylenes is 1. The lowest BCUT2D eigenvalue weighted by Gasteiger charge is -2.26. The molecule has 0 aromatic heterocycles. The predicted molar refractivity (Wildman–Crippen MR) is 62.0 cm³/mol. The van der Waals surface area contributed by atoms with Gasteiger partial charge in [0.2, 0.25) is 0 Å². The summed E-state index contributed by atoms with van der Waals surface area (Å²) in [6.07, 6.45) is 5.75. The van der Waals surface area contributed by atoms with Gasteiger partial charge in [0.15, 0.2) is 0 Å². The largest absolute Gasteiger partial charge is 0.480 e. The van der Waals surface area contributed by atoms with Gasteiger partial charge in [0.25, 0.3) is 0 Å². The van der Waals surface area contributed by atoms with Gasteiger partial charge >= 0.3 is 12.0 Å². The van der Waals surface area contributed by atoms with Gasteiger partial charge in [-0.3, -0.25) is 4.90 Å². The van der Waals surface area contributed by atoms with E-state index in [9.17, 15) is 9.59 Å². The Bertz CT molecular complexity index is 327. The molecule has 0 spiro atoms. The van der Waals surface area contributed by atoms with Crippen molar-refractivity contribution in [3.63, 3.8) is 0 Å². The van der Waals surface area contributed by atoms with Crippen LogP contribution in [0.2, 0.25) is 0 Å². The number of nitrogens with zero attached hydrogens (tertiary/aromatic N) is 1. The lowest BCUT2D eigenvalue weighted by Crippen LogP contribution is -2.50. The Morgan fingerprint density at radius 1 is 1.69 bits per heavy atom. The minimum absolute atomic E-state index is 0.0844. The molecule has 5 nitrogen and oxygen atoms in total. The van der Waals surface area contributed by atoms with Gasteiger partial charge in [-0.15, -0.1) is 18.2 Å². The zero-order valence-electron chi connectivity index (χ0n) is 8.97. The fourth-order valence-corrected chi connectivity index (χ4v) is 2.91. The maximum atomic E-state index is 11.7. The summed E-state index contributed by atoms with van der Waals surface area (Å²) in [5.41, 5.74) is 0. The monoisotopic (exact) mass is 242 g/mol. The first-order valence-corrected chi connectivity index (χ1v) is 6.00. The first kappa shape index (κ1) is 12.7. The van der Waals surface area contributed by atoms with Crippen molar-refractivity contribution in [1.82, 2.24) is 10.2 Å². The second-order valence-corrected chi connectivity index (χ2v) is 4.53. The van der Waals surface area contributed by atoms with E-state index in [0.717, 1.165) is 6.42 Å². The molecule has 1 heterocycles. The number of amides is 2. The van der Waals surface area contributed by atoms with E-state index < -0.39 is 18.0 Å². The molecule has 0 aliphatic carbocycles. The molecule has 0 bridgehead atoms. The van der Waals surface area contributed by atoms with Crippen LogP contribution in [0.25, 0.3) is 0 Å². The molecular formula is C10H14N2O3S. The quantitative estimate of drug-likeness (QED) is 0.710. The summed E-state index contributed by atoms with van der Waals surface area (Å²) in [5.74, 6) is 1.74. The van der Waals surface area contributed by atoms with Crippen LogP contribution in [0, 0.1) is 12.3 Å². The summed E-state index contributed by atoms with van der Waals surface area (Å²) in [6, 6.07) is -1.16. The maximum absolute atomic E-state index is 11.7. The van der Waals surface area contributed by atoms with Crippen molar-refractivity contribution in [3.8, 4) is 12.3 Å². The zero-order valence-corrected chi connectivity index (χ0v) is 9.79. The van der Waals surface area contributed by atoms with E-state index in [1.165, 1.54) is 16.7 Å². The lowest BCUT2D eigenvalue weighted by atomic mass is 10.3. The van der Waals surface area contributed by atoms with Crippen molar-refractivity contribution in [3.05, 3.63) is 0 Å². The van der Waals surface area contributed by atoms with Gasteiger partial charge < -0.3 is 10.4 Å². The molecular weight excluding hydrogens is 228 g/mol. The molecule has 0 saturated carbocycles. The summed E-state index contributed by atoms with van der Waals surface area (Å²) in [5, 5.41) is 11.4. The Hall–Kier alpha value is -1.35. The van der Waals surface area contributed by atoms with Gasteiger partial charge in [0.1, 0.15) is 6.04 Å². The zero-order chi connectivity index (χ0) is 12.1. The minimum atomic E-state index is -0.973. The van der Waals surface area contributed by atoms with Crippen LogP contribution in [-0.4, -0.2) is 45.7 Å². The number of nitrogens with one attached hydrogen (secondary N) is 1. The van der Waals surface area contributed by atoms with Gasteiger partial charge in [-0.05, 0) is 6.42 Å². The normalized spacial score (nSPS) is 23.9. The molecule has 1 rings (SSSR count). The molecule has 16 heavy (non-hydrogen) atoms. The standard InChI is InChI=1S/C10H14N2O3S/c1-3-5-11-10(15)12-7(9(13)14)6-16-8(12)4-2/h1,7-8H,4-6H2,2H3,(H,11,15)(H,13,14). The smallest absolute Gasteiger partial charge is 0.327 e. The van der Waals surface area contributed by atoms with Crippen LogP contribution in [-0.2, 0) is 4.79 Å². The van der Waals surface area contributed by atoms with Crippen LogP contribution in [0.5, 0.6) is 0 Å². The van der Waals surface area contributed by atoms with Crippen molar-refractivity contribution >= 4 is 23.8 Å². The second kappa shape index (κ2) is 5.66. The van der Waals surface area contributed by atoms with Crippen LogP contribution in [0.1, 0.15) is 13.3 Å². The Morgan fingerprint density at radius 3 is 2.88 bits per heavy atom. The van der Waals surface area contributed by atoms with E-state index in [4.69, 9.17) is 11.5 Å². The number of aliphatic carboxylic acids is 1. The van der Waals surface area contributed by atoms with E-state index in [2.05, 4.69) is 11.2 Å². The summed E-state index contributed by atoms with van der Waals surface area (Å²) in [4.78, 5) is 24.1. The highest BCUT2D eigenvalue weighted by atomic mass is 32.2. The first-order chi connectivity index (χ1) is 7.61. The van der Waals surface area contributed by atoms with Gasteiger partial charge in [-0.2, -0.15) is 0 Å². The van der Waals surface area contributed by atoms with Crippen LogP contribution >= 0.6 is 11.8 Å². The molecule has 1 aliphatic heterocycles. The Balaban J connectivity index is 2.74. The predicted octanol–water partition coefficient (Wildman–Crippen LogP) is 0.567. The number of thioether (sulfide) groups is 1. The summed E-state index contributed by atoms with van der Waals surface area (Å²) >= 11 is 1.48. The fourth-order valence-electron chi connectivity index (χ4n) is 1.56. The first-order valence-electron chi connectivity index (χ1n) is 4.95. The maximum Gasteiger partial charge on any atom is 0.327 e. The molecule has 2 N–H and O–H groups in total. The molecule has 1 aliphatic rings. The molecule has 0 radical (unpaired) electrons. The molecule has 2 amide bonds. The second-order valence-electron chi connectivity index (χ2n) is 3.32. The Labute approximate surface area is 98.6 Å². The van der Waals surface area contributed by atoms with Crippen molar-refractivity contribution in [2.75, 3.05) is 12.3 Å². The SMILES string of the molecule is C#CCNC(=O)N1C(CC)SCC1C(=O)O. The number of carbonyl (C=O) groups is 2. The molecule has 0 aromatic rings. The van der Waals surface area contributed by atoms with Crippen LogP contribution < -0.4 is 5.32 Å². The van der Waals surface area contributed by atoms with Crippen LogP contribution in [0.15, 0.2) is 0 Å². The third-order valence-corrected chi connectivity index (χ3v) is 3.76. The van der Waals surface area contributed by atoms with E-state index in [1.54, 1.807) is 0 Å².